The number of hydrogen-bond acceptors (Lipinski definition) is 5. The van der Waals surface area contributed by atoms with Crippen molar-refractivity contribution in [1.82, 2.24) is 0 Å². The molecule has 0 saturated carbocycles. The summed E-state index contributed by atoms with van der Waals surface area (Å²) in [5.41, 5.74) is 0.325. The molecule has 0 amide bonds. The average molecular weight is 326 g/mol. The maximum Gasteiger partial charge on any atom is 0.377 e. The Labute approximate surface area is 135 Å². The van der Waals surface area contributed by atoms with Crippen molar-refractivity contribution >= 4 is 29.3 Å². The number of carbonyl (C=O) groups excluding carboxylic acids is 3. The second-order valence-corrected chi connectivity index (χ2v) is 4.75. The third-order valence-electron chi connectivity index (χ3n) is 3.21. The molecule has 0 radical (unpaired) electrons. The van der Waals surface area contributed by atoms with Gasteiger partial charge in [0.15, 0.2) is 5.78 Å². The molecule has 0 spiro atoms. The Kier molecular flexibility index (Phi) is 4.65. The number of Topliss-reactive ketones (excluding diaryl/α,β-unsaturated/α-hetero) is 2. The van der Waals surface area contributed by atoms with Crippen molar-refractivity contribution in [3.05, 3.63) is 70.8 Å². The van der Waals surface area contributed by atoms with Crippen LogP contribution in [-0.4, -0.2) is 39.5 Å². The lowest BCUT2D eigenvalue weighted by molar-refractivity contribution is -0.132. The molecule has 2 aromatic carbocycles. The lowest BCUT2D eigenvalue weighted by Gasteiger charge is -2.03. The van der Waals surface area contributed by atoms with Crippen LogP contribution in [0, 0.1) is 0 Å². The third-order valence-corrected chi connectivity index (χ3v) is 3.21. The first-order chi connectivity index (χ1) is 11.3. The number of rotatable bonds is 6. The molecular formula is C17H10O7. The second-order valence-electron chi connectivity index (χ2n) is 4.75. The molecule has 2 aromatic rings. The highest BCUT2D eigenvalue weighted by atomic mass is 16.4. The van der Waals surface area contributed by atoms with Gasteiger partial charge in [0.25, 0.3) is 11.6 Å². The van der Waals surface area contributed by atoms with E-state index in [0.717, 1.165) is 0 Å². The smallest absolute Gasteiger partial charge is 0.377 e. The van der Waals surface area contributed by atoms with Gasteiger partial charge >= 0.3 is 11.9 Å². The van der Waals surface area contributed by atoms with Gasteiger partial charge in [-0.2, -0.15) is 0 Å². The van der Waals surface area contributed by atoms with E-state index in [9.17, 15) is 24.0 Å². The molecule has 0 aliphatic heterocycles. The normalized spacial score (nSPS) is 10.0. The summed E-state index contributed by atoms with van der Waals surface area (Å²) in [4.78, 5) is 56.0. The molecule has 0 bridgehead atoms. The standard InChI is InChI=1S/C17H10O7/c18-13(9-1-5-11(6-2-9)14(19)16(21)22)10-3-7-12(8-4-10)15(20)17(23)24/h1-8H,(H,21,22)(H,23,24). The van der Waals surface area contributed by atoms with E-state index in [-0.39, 0.29) is 22.3 Å². The summed E-state index contributed by atoms with van der Waals surface area (Å²) in [6, 6.07) is 10.2. The zero-order valence-corrected chi connectivity index (χ0v) is 12.1. The van der Waals surface area contributed by atoms with Crippen LogP contribution in [0.1, 0.15) is 36.6 Å². The van der Waals surface area contributed by atoms with Gasteiger partial charge in [-0.05, 0) is 0 Å². The largest absolute Gasteiger partial charge is 0.475 e. The van der Waals surface area contributed by atoms with E-state index in [1.165, 1.54) is 48.5 Å². The van der Waals surface area contributed by atoms with Crippen molar-refractivity contribution in [2.75, 3.05) is 0 Å². The lowest BCUT2D eigenvalue weighted by atomic mass is 9.99. The first kappa shape index (κ1) is 16.8. The highest BCUT2D eigenvalue weighted by Crippen LogP contribution is 2.13. The highest BCUT2D eigenvalue weighted by Gasteiger charge is 2.17. The van der Waals surface area contributed by atoms with Gasteiger partial charge in [0, 0.05) is 22.3 Å². The van der Waals surface area contributed by atoms with Crippen molar-refractivity contribution in [3.63, 3.8) is 0 Å². The summed E-state index contributed by atoms with van der Waals surface area (Å²) >= 11 is 0. The van der Waals surface area contributed by atoms with Gasteiger partial charge in [-0.1, -0.05) is 48.5 Å². The third kappa shape index (κ3) is 3.41. The Bertz CT molecular complexity index is 774. The zero-order valence-electron chi connectivity index (χ0n) is 12.1. The molecule has 120 valence electrons. The highest BCUT2D eigenvalue weighted by molar-refractivity contribution is 6.40. The van der Waals surface area contributed by atoms with E-state index in [1.807, 2.05) is 0 Å². The predicted molar refractivity (Wildman–Crippen MR) is 80.2 cm³/mol. The van der Waals surface area contributed by atoms with Gasteiger partial charge in [0.1, 0.15) is 0 Å². The fourth-order valence-electron chi connectivity index (χ4n) is 1.96. The molecule has 0 heterocycles. The van der Waals surface area contributed by atoms with Crippen molar-refractivity contribution in [2.24, 2.45) is 0 Å². The molecule has 2 rings (SSSR count). The second kappa shape index (κ2) is 6.66. The molecule has 0 aliphatic carbocycles. The fraction of sp³-hybridized carbons (Fsp3) is 0. The quantitative estimate of drug-likeness (QED) is 0.607. The lowest BCUT2D eigenvalue weighted by Crippen LogP contribution is -2.13. The van der Waals surface area contributed by atoms with Crippen LogP contribution in [0.4, 0.5) is 0 Å². The van der Waals surface area contributed by atoms with Crippen LogP contribution in [0.2, 0.25) is 0 Å². The van der Waals surface area contributed by atoms with Crippen LogP contribution in [0.5, 0.6) is 0 Å². The Morgan fingerprint density at radius 3 is 1.00 bits per heavy atom. The van der Waals surface area contributed by atoms with Crippen LogP contribution in [0.25, 0.3) is 0 Å². The van der Waals surface area contributed by atoms with E-state index < -0.39 is 29.3 Å². The van der Waals surface area contributed by atoms with Crippen molar-refractivity contribution in [2.45, 2.75) is 0 Å². The van der Waals surface area contributed by atoms with Crippen LogP contribution in [0.3, 0.4) is 0 Å². The SMILES string of the molecule is O=C(O)C(=O)c1ccc(C(=O)c2ccc(C(=O)C(=O)O)cc2)cc1. The predicted octanol–water partition coefficient (Wildman–Crippen LogP) is 1.45. The molecule has 7 nitrogen and oxygen atoms in total. The van der Waals surface area contributed by atoms with Gasteiger partial charge in [0.2, 0.25) is 0 Å². The van der Waals surface area contributed by atoms with Crippen molar-refractivity contribution in [3.8, 4) is 0 Å². The Morgan fingerprint density at radius 1 is 0.500 bits per heavy atom. The molecule has 7 heteroatoms. The van der Waals surface area contributed by atoms with E-state index in [2.05, 4.69) is 0 Å². The summed E-state index contributed by atoms with van der Waals surface area (Å²) in [7, 11) is 0. The van der Waals surface area contributed by atoms with E-state index >= 15 is 0 Å². The minimum absolute atomic E-state index is 0.0542. The van der Waals surface area contributed by atoms with Gasteiger partial charge in [-0.3, -0.25) is 14.4 Å². The monoisotopic (exact) mass is 326 g/mol. The van der Waals surface area contributed by atoms with Crippen LogP contribution < -0.4 is 0 Å². The summed E-state index contributed by atoms with van der Waals surface area (Å²) in [6.45, 7) is 0. The first-order valence-electron chi connectivity index (χ1n) is 6.61. The molecule has 0 atom stereocenters. The van der Waals surface area contributed by atoms with E-state index in [0.29, 0.717) is 0 Å². The molecular weight excluding hydrogens is 316 g/mol. The maximum absolute atomic E-state index is 12.3. The summed E-state index contributed by atoms with van der Waals surface area (Å²) in [5.74, 6) is -5.75. The number of benzene rings is 2. The Balaban J connectivity index is 2.23. The summed E-state index contributed by atoms with van der Waals surface area (Å²) in [6.07, 6.45) is 0. The minimum atomic E-state index is -1.59. The van der Waals surface area contributed by atoms with Crippen LogP contribution in [-0.2, 0) is 9.59 Å². The van der Waals surface area contributed by atoms with Gasteiger partial charge < -0.3 is 10.2 Å². The van der Waals surface area contributed by atoms with Gasteiger partial charge in [-0.25, -0.2) is 9.59 Å². The Hall–Kier alpha value is -3.61. The molecule has 24 heavy (non-hydrogen) atoms. The zero-order chi connectivity index (χ0) is 17.9. The van der Waals surface area contributed by atoms with Gasteiger partial charge in [-0.15, -0.1) is 0 Å². The number of hydrogen-bond donors (Lipinski definition) is 2. The summed E-state index contributed by atoms with van der Waals surface area (Å²) < 4.78 is 0. The van der Waals surface area contributed by atoms with Crippen LogP contribution in [0.15, 0.2) is 48.5 Å². The Morgan fingerprint density at radius 2 is 0.750 bits per heavy atom. The molecule has 0 fully saturated rings. The molecule has 0 unspecified atom stereocenters. The number of carboxylic acid groups (broad SMARTS) is 2. The molecule has 0 aromatic heterocycles. The number of ketones is 3. The molecule has 0 saturated heterocycles. The molecule has 2 N–H and O–H groups in total. The van der Waals surface area contributed by atoms with E-state index in [4.69, 9.17) is 10.2 Å². The first-order valence-corrected chi connectivity index (χ1v) is 6.61. The van der Waals surface area contributed by atoms with Crippen LogP contribution >= 0.6 is 0 Å². The minimum Gasteiger partial charge on any atom is -0.475 e. The van der Waals surface area contributed by atoms with Crippen molar-refractivity contribution in [1.29, 1.82) is 0 Å². The number of aliphatic carboxylic acids is 2. The maximum atomic E-state index is 12.3. The fourth-order valence-corrected chi connectivity index (χ4v) is 1.96. The van der Waals surface area contributed by atoms with E-state index in [1.54, 1.807) is 0 Å². The van der Waals surface area contributed by atoms with Gasteiger partial charge in [0.05, 0.1) is 0 Å². The number of carboxylic acids is 2. The number of carbonyl (C=O) groups is 5. The van der Waals surface area contributed by atoms with Crippen molar-refractivity contribution < 1.29 is 34.2 Å². The summed E-state index contributed by atoms with van der Waals surface area (Å²) in [5, 5.41) is 17.2. The topological polar surface area (TPSA) is 126 Å². The molecule has 0 aliphatic rings. The average Bonchev–Trinajstić information content (AvgIpc) is 2.60.